The minimum atomic E-state index is -3.96. The summed E-state index contributed by atoms with van der Waals surface area (Å²) in [5.74, 6) is -0.903. The van der Waals surface area contributed by atoms with Crippen LogP contribution in [0.1, 0.15) is 37.5 Å². The molecule has 10 heteroatoms. The van der Waals surface area contributed by atoms with Gasteiger partial charge in [-0.05, 0) is 56.5 Å². The first kappa shape index (κ1) is 31.5. The lowest BCUT2D eigenvalue weighted by Crippen LogP contribution is -2.56. The molecule has 40 heavy (non-hydrogen) atoms. The van der Waals surface area contributed by atoms with Crippen LogP contribution in [0.5, 0.6) is 0 Å². The maximum absolute atomic E-state index is 14.2. The number of nitrogens with zero attached hydrogens (tertiary/aromatic N) is 2. The van der Waals surface area contributed by atoms with Gasteiger partial charge in [-0.15, -0.1) is 0 Å². The van der Waals surface area contributed by atoms with Gasteiger partial charge in [0.15, 0.2) is 0 Å². The Labute approximate surface area is 247 Å². The number of amides is 2. The summed E-state index contributed by atoms with van der Waals surface area (Å²) in [7, 11) is -3.96. The maximum Gasteiger partial charge on any atom is 0.244 e. The summed E-state index contributed by atoms with van der Waals surface area (Å²) in [6.07, 6.45) is 1.23. The topological polar surface area (TPSA) is 86.8 Å². The fraction of sp³-hybridized carbons (Fsp3) is 0.333. The Morgan fingerprint density at radius 2 is 1.55 bits per heavy atom. The molecule has 3 rings (SSSR count). The van der Waals surface area contributed by atoms with Gasteiger partial charge in [0.2, 0.25) is 21.8 Å². The molecule has 0 spiro atoms. The third-order valence-electron chi connectivity index (χ3n) is 6.25. The van der Waals surface area contributed by atoms with E-state index in [9.17, 15) is 18.0 Å². The van der Waals surface area contributed by atoms with Crippen LogP contribution >= 0.6 is 23.2 Å². The van der Waals surface area contributed by atoms with E-state index in [-0.39, 0.29) is 34.6 Å². The molecule has 0 aliphatic heterocycles. The van der Waals surface area contributed by atoms with Crippen molar-refractivity contribution in [3.05, 3.63) is 99.5 Å². The predicted molar refractivity (Wildman–Crippen MR) is 162 cm³/mol. The van der Waals surface area contributed by atoms with E-state index in [1.165, 1.54) is 17.0 Å². The molecule has 1 atom stereocenters. The van der Waals surface area contributed by atoms with Crippen molar-refractivity contribution >= 4 is 50.7 Å². The highest BCUT2D eigenvalue weighted by molar-refractivity contribution is 7.92. The minimum Gasteiger partial charge on any atom is -0.350 e. The van der Waals surface area contributed by atoms with Crippen LogP contribution in [0, 0.1) is 6.92 Å². The van der Waals surface area contributed by atoms with Gasteiger partial charge in [0.1, 0.15) is 12.6 Å². The second-order valence-corrected chi connectivity index (χ2v) is 13.4. The fourth-order valence-corrected chi connectivity index (χ4v) is 5.56. The summed E-state index contributed by atoms with van der Waals surface area (Å²) in [5, 5.41) is 3.17. The lowest BCUT2D eigenvalue weighted by atomic mass is 10.00. The zero-order chi connectivity index (χ0) is 29.7. The van der Waals surface area contributed by atoms with E-state index in [0.29, 0.717) is 0 Å². The third kappa shape index (κ3) is 8.46. The molecule has 0 radical (unpaired) electrons. The number of carbonyl (C=O) groups is 2. The molecule has 3 aromatic carbocycles. The van der Waals surface area contributed by atoms with Crippen molar-refractivity contribution in [3.8, 4) is 0 Å². The molecule has 1 unspecified atom stereocenters. The Bertz CT molecular complexity index is 1460. The van der Waals surface area contributed by atoms with Gasteiger partial charge in [0.25, 0.3) is 0 Å². The van der Waals surface area contributed by atoms with E-state index < -0.39 is 34.1 Å². The monoisotopic (exact) mass is 603 g/mol. The molecule has 0 aromatic heterocycles. The quantitative estimate of drug-likeness (QED) is 0.326. The van der Waals surface area contributed by atoms with Crippen LogP contribution in [-0.4, -0.2) is 49.5 Å². The van der Waals surface area contributed by atoms with Crippen molar-refractivity contribution in [1.29, 1.82) is 0 Å². The zero-order valence-corrected chi connectivity index (χ0v) is 25.6. The summed E-state index contributed by atoms with van der Waals surface area (Å²) in [6, 6.07) is 20.6. The number of carbonyl (C=O) groups excluding carboxylic acids is 2. The molecule has 0 saturated carbocycles. The number of sulfonamides is 1. The van der Waals surface area contributed by atoms with Gasteiger partial charge < -0.3 is 10.2 Å². The van der Waals surface area contributed by atoms with Gasteiger partial charge in [-0.3, -0.25) is 13.9 Å². The van der Waals surface area contributed by atoms with E-state index in [2.05, 4.69) is 5.32 Å². The van der Waals surface area contributed by atoms with Crippen LogP contribution in [0.3, 0.4) is 0 Å². The first-order valence-electron chi connectivity index (χ1n) is 12.8. The third-order valence-corrected chi connectivity index (χ3v) is 8.19. The lowest BCUT2D eigenvalue weighted by molar-refractivity contribution is -0.140. The van der Waals surface area contributed by atoms with Crippen LogP contribution in [0.15, 0.2) is 72.8 Å². The summed E-state index contributed by atoms with van der Waals surface area (Å²) >= 11 is 12.5. The van der Waals surface area contributed by atoms with Crippen molar-refractivity contribution in [1.82, 2.24) is 10.2 Å². The van der Waals surface area contributed by atoms with Crippen molar-refractivity contribution in [2.45, 2.75) is 52.2 Å². The molecule has 0 fully saturated rings. The Morgan fingerprint density at radius 1 is 0.925 bits per heavy atom. The number of hydrogen-bond acceptors (Lipinski definition) is 4. The number of anilines is 1. The smallest absolute Gasteiger partial charge is 0.244 e. The normalized spacial score (nSPS) is 12.5. The highest BCUT2D eigenvalue weighted by Gasteiger charge is 2.35. The molecule has 1 N–H and O–H groups in total. The van der Waals surface area contributed by atoms with Crippen molar-refractivity contribution in [2.75, 3.05) is 17.1 Å². The Morgan fingerprint density at radius 3 is 2.15 bits per heavy atom. The van der Waals surface area contributed by atoms with Crippen molar-refractivity contribution < 1.29 is 18.0 Å². The van der Waals surface area contributed by atoms with E-state index in [0.717, 1.165) is 27.3 Å². The van der Waals surface area contributed by atoms with Gasteiger partial charge in [-0.2, -0.15) is 0 Å². The van der Waals surface area contributed by atoms with Crippen LogP contribution in [0.25, 0.3) is 0 Å². The fourth-order valence-electron chi connectivity index (χ4n) is 4.26. The average molecular weight is 605 g/mol. The summed E-state index contributed by atoms with van der Waals surface area (Å²) in [4.78, 5) is 29.4. The number of rotatable bonds is 10. The highest BCUT2D eigenvalue weighted by atomic mass is 35.5. The van der Waals surface area contributed by atoms with Crippen LogP contribution in [-0.2, 0) is 32.6 Å². The van der Waals surface area contributed by atoms with Crippen molar-refractivity contribution in [3.63, 3.8) is 0 Å². The van der Waals surface area contributed by atoms with E-state index >= 15 is 0 Å². The zero-order valence-electron chi connectivity index (χ0n) is 23.3. The number of halogens is 2. The van der Waals surface area contributed by atoms with E-state index in [1.54, 1.807) is 6.07 Å². The van der Waals surface area contributed by atoms with Crippen LogP contribution < -0.4 is 9.62 Å². The Kier molecular flexibility index (Phi) is 10.3. The number of benzene rings is 3. The molecule has 2 amide bonds. The number of hydrogen-bond donors (Lipinski definition) is 1. The second-order valence-electron chi connectivity index (χ2n) is 10.7. The van der Waals surface area contributed by atoms with Gasteiger partial charge in [-0.1, -0.05) is 83.9 Å². The first-order chi connectivity index (χ1) is 18.7. The summed E-state index contributed by atoms with van der Waals surface area (Å²) < 4.78 is 26.8. The van der Waals surface area contributed by atoms with Crippen LogP contribution in [0.4, 0.5) is 5.69 Å². The number of aryl methyl sites for hydroxylation is 1. The van der Waals surface area contributed by atoms with Crippen LogP contribution in [0.2, 0.25) is 10.0 Å². The van der Waals surface area contributed by atoms with Gasteiger partial charge in [0, 0.05) is 18.5 Å². The highest BCUT2D eigenvalue weighted by Crippen LogP contribution is 2.34. The molecule has 0 heterocycles. The molecule has 0 saturated heterocycles. The molecule has 3 aromatic rings. The minimum absolute atomic E-state index is 0.0131. The predicted octanol–water partition coefficient (Wildman–Crippen LogP) is 5.62. The summed E-state index contributed by atoms with van der Waals surface area (Å²) in [6.45, 7) is 7.05. The average Bonchev–Trinajstić information content (AvgIpc) is 2.86. The SMILES string of the molecule is Cc1ccccc1CN(C(=O)CN(c1cccc(Cl)c1Cl)S(C)(=O)=O)C(Cc1ccccc1)C(=O)NC(C)(C)C. The molecule has 7 nitrogen and oxygen atoms in total. The molecular formula is C30H35Cl2N3O4S. The Hall–Kier alpha value is -3.07. The summed E-state index contributed by atoms with van der Waals surface area (Å²) in [5.41, 5.74) is 2.16. The van der Waals surface area contributed by atoms with Gasteiger partial charge in [-0.25, -0.2) is 8.42 Å². The largest absolute Gasteiger partial charge is 0.350 e. The van der Waals surface area contributed by atoms with Gasteiger partial charge in [0.05, 0.1) is 22.0 Å². The van der Waals surface area contributed by atoms with Gasteiger partial charge >= 0.3 is 0 Å². The van der Waals surface area contributed by atoms with Crippen molar-refractivity contribution in [2.24, 2.45) is 0 Å². The maximum atomic E-state index is 14.2. The molecule has 0 aliphatic carbocycles. The molecule has 0 bridgehead atoms. The van der Waals surface area contributed by atoms with E-state index in [1.807, 2.05) is 82.3 Å². The first-order valence-corrected chi connectivity index (χ1v) is 15.4. The molecular weight excluding hydrogens is 569 g/mol. The van der Waals surface area contributed by atoms with E-state index in [4.69, 9.17) is 23.2 Å². The second kappa shape index (κ2) is 13.1. The molecule has 0 aliphatic rings. The molecule has 214 valence electrons. The Balaban J connectivity index is 2.11. The standard InChI is InChI=1S/C30H35Cl2N3O4S/c1-21-12-9-10-15-23(21)19-34(26(29(37)33-30(2,3)4)18-22-13-7-6-8-14-22)27(36)20-35(40(5,38)39)25-17-11-16-24(31)28(25)32/h6-17,26H,18-20H2,1-5H3,(H,33,37). The lowest BCUT2D eigenvalue weighted by Gasteiger charge is -2.35. The number of nitrogens with one attached hydrogen (secondary N) is 1.